The molecule has 0 spiro atoms. The Morgan fingerprint density at radius 3 is 2.93 bits per heavy atom. The summed E-state index contributed by atoms with van der Waals surface area (Å²) in [6.45, 7) is 7.32. The largest absolute Gasteiger partial charge is 0.337 e. The van der Waals surface area contributed by atoms with Crippen molar-refractivity contribution in [1.29, 1.82) is 0 Å². The zero-order chi connectivity index (χ0) is 19.5. The molecule has 28 heavy (non-hydrogen) atoms. The SMILES string of the molecule is CC(C)NCCNC(=O)Nc1sc2c(c1-c1nc3ccccc3s1)CCNC2. The number of fused-ring (bicyclic) bond motifs is 2. The van der Waals surface area contributed by atoms with E-state index in [0.717, 1.165) is 47.1 Å². The molecule has 1 aliphatic rings. The van der Waals surface area contributed by atoms with Crippen molar-refractivity contribution in [3.05, 3.63) is 34.7 Å². The summed E-state index contributed by atoms with van der Waals surface area (Å²) in [6, 6.07) is 8.42. The molecule has 1 aliphatic heterocycles. The number of urea groups is 1. The summed E-state index contributed by atoms with van der Waals surface area (Å²) < 4.78 is 1.17. The van der Waals surface area contributed by atoms with Crippen LogP contribution in [0.25, 0.3) is 20.8 Å². The Bertz CT molecular complexity index is 945. The van der Waals surface area contributed by atoms with Gasteiger partial charge in [-0.25, -0.2) is 9.78 Å². The second-order valence-electron chi connectivity index (χ2n) is 7.11. The number of amides is 2. The number of rotatable bonds is 6. The number of carbonyl (C=O) groups is 1. The maximum Gasteiger partial charge on any atom is 0.319 e. The quantitative estimate of drug-likeness (QED) is 0.462. The number of anilines is 1. The van der Waals surface area contributed by atoms with Crippen LogP contribution in [0.5, 0.6) is 0 Å². The van der Waals surface area contributed by atoms with Gasteiger partial charge in [0.1, 0.15) is 10.0 Å². The van der Waals surface area contributed by atoms with E-state index in [9.17, 15) is 4.79 Å². The van der Waals surface area contributed by atoms with Crippen LogP contribution in [0.3, 0.4) is 0 Å². The molecule has 4 rings (SSSR count). The van der Waals surface area contributed by atoms with Crippen LogP contribution in [0.1, 0.15) is 24.3 Å². The zero-order valence-electron chi connectivity index (χ0n) is 16.1. The number of thiazole rings is 1. The molecule has 6 nitrogen and oxygen atoms in total. The van der Waals surface area contributed by atoms with Gasteiger partial charge in [-0.3, -0.25) is 5.32 Å². The Morgan fingerprint density at radius 1 is 1.25 bits per heavy atom. The van der Waals surface area contributed by atoms with Crippen molar-refractivity contribution in [3.8, 4) is 10.6 Å². The first kappa shape index (κ1) is 19.3. The lowest BCUT2D eigenvalue weighted by atomic mass is 10.0. The second-order valence-corrected chi connectivity index (χ2v) is 9.25. The molecule has 2 amide bonds. The van der Waals surface area contributed by atoms with Gasteiger partial charge in [0.2, 0.25) is 0 Å². The number of nitrogens with one attached hydrogen (secondary N) is 4. The van der Waals surface area contributed by atoms with Gasteiger partial charge in [0.15, 0.2) is 0 Å². The third-order valence-corrected chi connectivity index (χ3v) is 6.83. The van der Waals surface area contributed by atoms with Crippen LogP contribution in [0, 0.1) is 0 Å². The van der Waals surface area contributed by atoms with Crippen LogP contribution in [0.15, 0.2) is 24.3 Å². The molecule has 3 heterocycles. The number of aromatic nitrogens is 1. The van der Waals surface area contributed by atoms with Crippen molar-refractivity contribution in [1.82, 2.24) is 20.9 Å². The highest BCUT2D eigenvalue weighted by Crippen LogP contribution is 2.44. The molecular weight excluding hydrogens is 390 g/mol. The van der Waals surface area contributed by atoms with Crippen LogP contribution in [0.2, 0.25) is 0 Å². The number of carbonyl (C=O) groups excluding carboxylic acids is 1. The Kier molecular flexibility index (Phi) is 5.91. The molecule has 2 aromatic heterocycles. The van der Waals surface area contributed by atoms with Gasteiger partial charge in [0.05, 0.1) is 10.2 Å². The fraction of sp³-hybridized carbons (Fsp3) is 0.400. The topological polar surface area (TPSA) is 78.1 Å². The molecule has 0 unspecified atom stereocenters. The summed E-state index contributed by atoms with van der Waals surface area (Å²) in [4.78, 5) is 18.6. The number of nitrogens with zero attached hydrogens (tertiary/aromatic N) is 1. The number of hydrogen-bond donors (Lipinski definition) is 4. The summed E-state index contributed by atoms with van der Waals surface area (Å²) in [5, 5.41) is 14.6. The summed E-state index contributed by atoms with van der Waals surface area (Å²) in [5.41, 5.74) is 3.42. The molecule has 4 N–H and O–H groups in total. The van der Waals surface area contributed by atoms with Crippen LogP contribution < -0.4 is 21.3 Å². The van der Waals surface area contributed by atoms with Gasteiger partial charge in [-0.15, -0.1) is 22.7 Å². The molecule has 0 aliphatic carbocycles. The van der Waals surface area contributed by atoms with Crippen LogP contribution in [-0.2, 0) is 13.0 Å². The first-order chi connectivity index (χ1) is 13.6. The standard InChI is InChI=1S/C20H25N5OS2/c1-12(2)22-9-10-23-20(26)25-19-17(13-7-8-21-11-16(13)28-19)18-24-14-5-3-4-6-15(14)27-18/h3-6,12,21-22H,7-11H2,1-2H3,(H2,23,25,26). The molecule has 0 fully saturated rings. The highest BCUT2D eigenvalue weighted by Gasteiger charge is 2.25. The fourth-order valence-corrected chi connectivity index (χ4v) is 5.64. The van der Waals surface area contributed by atoms with Crippen molar-refractivity contribution in [2.45, 2.75) is 32.9 Å². The van der Waals surface area contributed by atoms with E-state index in [1.54, 1.807) is 22.7 Å². The van der Waals surface area contributed by atoms with Crippen molar-refractivity contribution in [2.75, 3.05) is 25.0 Å². The lowest BCUT2D eigenvalue weighted by Crippen LogP contribution is -2.36. The van der Waals surface area contributed by atoms with Gasteiger partial charge in [0.25, 0.3) is 0 Å². The normalized spacial score (nSPS) is 13.7. The van der Waals surface area contributed by atoms with Crippen LogP contribution >= 0.6 is 22.7 Å². The number of hydrogen-bond acceptors (Lipinski definition) is 6. The lowest BCUT2D eigenvalue weighted by Gasteiger charge is -2.13. The maximum atomic E-state index is 12.4. The minimum atomic E-state index is -0.167. The van der Waals surface area contributed by atoms with Crippen molar-refractivity contribution >= 4 is 43.9 Å². The molecule has 0 saturated heterocycles. The molecule has 1 aromatic carbocycles. The third kappa shape index (κ3) is 4.20. The van der Waals surface area contributed by atoms with E-state index in [1.807, 2.05) is 18.2 Å². The fourth-order valence-electron chi connectivity index (χ4n) is 3.31. The first-order valence-corrected chi connectivity index (χ1v) is 11.2. The highest BCUT2D eigenvalue weighted by molar-refractivity contribution is 7.22. The maximum absolute atomic E-state index is 12.4. The van der Waals surface area contributed by atoms with E-state index in [2.05, 4.69) is 41.2 Å². The molecule has 0 saturated carbocycles. The Morgan fingerprint density at radius 2 is 2.11 bits per heavy atom. The van der Waals surface area contributed by atoms with Crippen LogP contribution in [-0.4, -0.2) is 36.7 Å². The van der Waals surface area contributed by atoms with E-state index in [4.69, 9.17) is 4.98 Å². The Hall–Kier alpha value is -2.00. The monoisotopic (exact) mass is 415 g/mol. The van der Waals surface area contributed by atoms with Gasteiger partial charge in [0, 0.05) is 36.1 Å². The molecule has 0 bridgehead atoms. The molecule has 0 atom stereocenters. The first-order valence-electron chi connectivity index (χ1n) is 9.61. The van der Waals surface area contributed by atoms with Crippen molar-refractivity contribution in [3.63, 3.8) is 0 Å². The summed E-state index contributed by atoms with van der Waals surface area (Å²) in [7, 11) is 0. The molecule has 3 aromatic rings. The minimum Gasteiger partial charge on any atom is -0.337 e. The predicted molar refractivity (Wildman–Crippen MR) is 119 cm³/mol. The van der Waals surface area contributed by atoms with E-state index >= 15 is 0 Å². The second kappa shape index (κ2) is 8.57. The molecule has 0 radical (unpaired) electrons. The van der Waals surface area contributed by atoms with E-state index < -0.39 is 0 Å². The van der Waals surface area contributed by atoms with Crippen LogP contribution in [0.4, 0.5) is 9.80 Å². The van der Waals surface area contributed by atoms with Gasteiger partial charge < -0.3 is 16.0 Å². The van der Waals surface area contributed by atoms with Crippen molar-refractivity contribution in [2.24, 2.45) is 0 Å². The van der Waals surface area contributed by atoms with Gasteiger partial charge >= 0.3 is 6.03 Å². The summed E-state index contributed by atoms with van der Waals surface area (Å²) >= 11 is 3.34. The van der Waals surface area contributed by atoms with Crippen molar-refractivity contribution < 1.29 is 4.79 Å². The number of thiophene rings is 1. The van der Waals surface area contributed by atoms with Gasteiger partial charge in [-0.2, -0.15) is 0 Å². The highest BCUT2D eigenvalue weighted by atomic mass is 32.1. The average molecular weight is 416 g/mol. The lowest BCUT2D eigenvalue weighted by molar-refractivity contribution is 0.252. The number of para-hydroxylation sites is 1. The predicted octanol–water partition coefficient (Wildman–Crippen LogP) is 3.79. The Labute approximate surface area is 172 Å². The third-order valence-electron chi connectivity index (χ3n) is 4.63. The molecule has 148 valence electrons. The average Bonchev–Trinajstić information content (AvgIpc) is 3.25. The minimum absolute atomic E-state index is 0.167. The van der Waals surface area contributed by atoms with E-state index in [0.29, 0.717) is 12.6 Å². The summed E-state index contributed by atoms with van der Waals surface area (Å²) in [6.07, 6.45) is 0.957. The van der Waals surface area contributed by atoms with E-state index in [1.165, 1.54) is 15.1 Å². The summed E-state index contributed by atoms with van der Waals surface area (Å²) in [5.74, 6) is 0. The Balaban J connectivity index is 1.58. The molecule has 8 heteroatoms. The smallest absolute Gasteiger partial charge is 0.319 e. The van der Waals surface area contributed by atoms with E-state index in [-0.39, 0.29) is 6.03 Å². The number of benzene rings is 1. The zero-order valence-corrected chi connectivity index (χ0v) is 17.7. The van der Waals surface area contributed by atoms with Gasteiger partial charge in [-0.1, -0.05) is 26.0 Å². The van der Waals surface area contributed by atoms with Gasteiger partial charge in [-0.05, 0) is 30.7 Å². The molecular formula is C20H25N5OS2.